The van der Waals surface area contributed by atoms with Crippen molar-refractivity contribution in [1.82, 2.24) is 25.5 Å². The van der Waals surface area contributed by atoms with Crippen molar-refractivity contribution < 1.29 is 4.74 Å². The molecule has 0 aliphatic heterocycles. The zero-order valence-electron chi connectivity index (χ0n) is 12.6. The molecule has 6 nitrogen and oxygen atoms in total. The molecule has 0 radical (unpaired) electrons. The highest BCUT2D eigenvalue weighted by Gasteiger charge is 2.14. The highest BCUT2D eigenvalue weighted by atomic mass is 16.5. The molecule has 1 heterocycles. The van der Waals surface area contributed by atoms with Gasteiger partial charge in [-0.15, -0.1) is 5.10 Å². The third kappa shape index (κ3) is 3.33. The highest BCUT2D eigenvalue weighted by molar-refractivity contribution is 5.43. The van der Waals surface area contributed by atoms with Gasteiger partial charge in [-0.1, -0.05) is 0 Å². The van der Waals surface area contributed by atoms with Crippen molar-refractivity contribution in [2.45, 2.75) is 39.8 Å². The second kappa shape index (κ2) is 5.58. The van der Waals surface area contributed by atoms with E-state index in [-0.39, 0.29) is 5.54 Å². The van der Waals surface area contributed by atoms with Crippen molar-refractivity contribution in [3.05, 3.63) is 29.6 Å². The third-order valence-corrected chi connectivity index (χ3v) is 2.93. The van der Waals surface area contributed by atoms with Crippen LogP contribution in [0.3, 0.4) is 0 Å². The van der Waals surface area contributed by atoms with E-state index in [4.69, 9.17) is 4.74 Å². The molecule has 1 N–H and O–H groups in total. The zero-order chi connectivity index (χ0) is 14.8. The van der Waals surface area contributed by atoms with E-state index in [1.165, 1.54) is 0 Å². The maximum absolute atomic E-state index is 5.27. The molecule has 2 rings (SSSR count). The number of methoxy groups -OCH3 is 1. The molecule has 0 fully saturated rings. The monoisotopic (exact) mass is 275 g/mol. The molecule has 2 aromatic rings. The van der Waals surface area contributed by atoms with Gasteiger partial charge in [-0.3, -0.25) is 0 Å². The molecule has 0 saturated heterocycles. The van der Waals surface area contributed by atoms with E-state index in [2.05, 4.69) is 41.6 Å². The number of ether oxygens (including phenoxy) is 1. The van der Waals surface area contributed by atoms with E-state index < -0.39 is 0 Å². The van der Waals surface area contributed by atoms with Gasteiger partial charge in [0.15, 0.2) is 5.82 Å². The van der Waals surface area contributed by atoms with Gasteiger partial charge in [0.2, 0.25) is 0 Å². The van der Waals surface area contributed by atoms with E-state index in [1.807, 2.05) is 25.1 Å². The average Bonchev–Trinajstić information content (AvgIpc) is 2.83. The quantitative estimate of drug-likeness (QED) is 0.922. The van der Waals surface area contributed by atoms with E-state index >= 15 is 0 Å². The largest absolute Gasteiger partial charge is 0.496 e. The van der Waals surface area contributed by atoms with Crippen LogP contribution in [-0.4, -0.2) is 32.9 Å². The zero-order valence-corrected chi connectivity index (χ0v) is 12.6. The normalized spacial score (nSPS) is 11.7. The lowest BCUT2D eigenvalue weighted by Gasteiger charge is -2.20. The Morgan fingerprint density at radius 2 is 2.05 bits per heavy atom. The summed E-state index contributed by atoms with van der Waals surface area (Å²) in [5, 5.41) is 15.3. The summed E-state index contributed by atoms with van der Waals surface area (Å²) >= 11 is 0. The predicted octanol–water partition coefficient (Wildman–Crippen LogP) is 1.87. The molecule has 0 aliphatic rings. The minimum Gasteiger partial charge on any atom is -0.496 e. The molecule has 6 heteroatoms. The van der Waals surface area contributed by atoms with Crippen LogP contribution >= 0.6 is 0 Å². The molecule has 0 unspecified atom stereocenters. The van der Waals surface area contributed by atoms with Crippen LogP contribution in [-0.2, 0) is 6.54 Å². The summed E-state index contributed by atoms with van der Waals surface area (Å²) in [7, 11) is 1.66. The van der Waals surface area contributed by atoms with Gasteiger partial charge in [-0.2, -0.15) is 4.68 Å². The number of tetrazole rings is 1. The molecule has 0 aliphatic carbocycles. The van der Waals surface area contributed by atoms with Gasteiger partial charge >= 0.3 is 0 Å². The first-order chi connectivity index (χ1) is 9.40. The highest BCUT2D eigenvalue weighted by Crippen LogP contribution is 2.20. The minimum atomic E-state index is 0.0204. The van der Waals surface area contributed by atoms with Crippen molar-refractivity contribution >= 4 is 0 Å². The molecule has 1 aromatic heterocycles. The smallest absolute Gasteiger partial charge is 0.170 e. The number of benzene rings is 1. The number of aryl methyl sites for hydroxylation is 1. The summed E-state index contributed by atoms with van der Waals surface area (Å²) in [5.74, 6) is 1.64. The average molecular weight is 275 g/mol. The Morgan fingerprint density at radius 1 is 1.30 bits per heavy atom. The Labute approximate surface area is 119 Å². The Balaban J connectivity index is 2.25. The van der Waals surface area contributed by atoms with Gasteiger partial charge in [0.05, 0.1) is 19.3 Å². The molecule has 108 valence electrons. The maximum Gasteiger partial charge on any atom is 0.170 e. The van der Waals surface area contributed by atoms with Crippen LogP contribution < -0.4 is 10.1 Å². The first-order valence-corrected chi connectivity index (χ1v) is 6.58. The van der Waals surface area contributed by atoms with Crippen LogP contribution in [0.1, 0.15) is 32.2 Å². The number of aromatic nitrogens is 4. The fraction of sp³-hybridized carbons (Fsp3) is 0.500. The first-order valence-electron chi connectivity index (χ1n) is 6.58. The summed E-state index contributed by atoms with van der Waals surface area (Å²) in [5.41, 5.74) is 2.00. The first kappa shape index (κ1) is 14.5. The van der Waals surface area contributed by atoms with E-state index in [0.29, 0.717) is 6.54 Å². The van der Waals surface area contributed by atoms with Crippen LogP contribution in [0.5, 0.6) is 5.75 Å². The second-order valence-corrected chi connectivity index (χ2v) is 5.76. The molecule has 0 amide bonds. The fourth-order valence-corrected chi connectivity index (χ4v) is 1.86. The Morgan fingerprint density at radius 3 is 2.65 bits per heavy atom. The Kier molecular flexibility index (Phi) is 4.04. The third-order valence-electron chi connectivity index (χ3n) is 2.93. The van der Waals surface area contributed by atoms with E-state index in [9.17, 15) is 0 Å². The van der Waals surface area contributed by atoms with Crippen molar-refractivity contribution in [2.75, 3.05) is 7.11 Å². The van der Waals surface area contributed by atoms with Crippen LogP contribution in [0.4, 0.5) is 0 Å². The van der Waals surface area contributed by atoms with Crippen LogP contribution in [0, 0.1) is 6.92 Å². The maximum atomic E-state index is 5.27. The van der Waals surface area contributed by atoms with Crippen molar-refractivity contribution in [3.63, 3.8) is 0 Å². The standard InChI is InChI=1S/C14H21N5O/c1-10-8-11(6-7-12(10)20-5)19-13(16-17-18-19)9-15-14(2,3)4/h6-8,15H,9H2,1-5H3. The SMILES string of the molecule is COc1ccc(-n2nnnc2CNC(C)(C)C)cc1C. The van der Waals surface area contributed by atoms with Gasteiger partial charge in [0, 0.05) is 5.54 Å². The molecule has 1 aromatic carbocycles. The van der Waals surface area contributed by atoms with E-state index in [0.717, 1.165) is 22.8 Å². The molecular weight excluding hydrogens is 254 g/mol. The molecule has 20 heavy (non-hydrogen) atoms. The van der Waals surface area contributed by atoms with Gasteiger partial charge in [-0.25, -0.2) is 0 Å². The van der Waals surface area contributed by atoms with Gasteiger partial charge in [0.1, 0.15) is 5.75 Å². The summed E-state index contributed by atoms with van der Waals surface area (Å²) in [6, 6.07) is 5.88. The summed E-state index contributed by atoms with van der Waals surface area (Å²) in [6.07, 6.45) is 0. The number of nitrogens with one attached hydrogen (secondary N) is 1. The van der Waals surface area contributed by atoms with Gasteiger partial charge < -0.3 is 10.1 Å². The van der Waals surface area contributed by atoms with Crippen molar-refractivity contribution in [1.29, 1.82) is 0 Å². The summed E-state index contributed by atoms with van der Waals surface area (Å²) in [4.78, 5) is 0. The van der Waals surface area contributed by atoms with Crippen LogP contribution in [0.2, 0.25) is 0 Å². The van der Waals surface area contributed by atoms with Crippen LogP contribution in [0.25, 0.3) is 5.69 Å². The molecular formula is C14H21N5O. The number of hydrogen-bond donors (Lipinski definition) is 1. The number of rotatable bonds is 4. The predicted molar refractivity (Wildman–Crippen MR) is 77.0 cm³/mol. The van der Waals surface area contributed by atoms with Crippen LogP contribution in [0.15, 0.2) is 18.2 Å². The lowest BCUT2D eigenvalue weighted by molar-refractivity contribution is 0.411. The second-order valence-electron chi connectivity index (χ2n) is 5.76. The van der Waals surface area contributed by atoms with Crippen molar-refractivity contribution in [2.24, 2.45) is 0 Å². The molecule has 0 bridgehead atoms. The Bertz CT molecular complexity index is 585. The number of nitrogens with zero attached hydrogens (tertiary/aromatic N) is 4. The lowest BCUT2D eigenvalue weighted by Crippen LogP contribution is -2.35. The fourth-order valence-electron chi connectivity index (χ4n) is 1.86. The summed E-state index contributed by atoms with van der Waals surface area (Å²) in [6.45, 7) is 8.94. The Hall–Kier alpha value is -1.95. The van der Waals surface area contributed by atoms with E-state index in [1.54, 1.807) is 11.8 Å². The lowest BCUT2D eigenvalue weighted by atomic mass is 10.1. The van der Waals surface area contributed by atoms with Gasteiger partial charge in [-0.05, 0) is 61.9 Å². The summed E-state index contributed by atoms with van der Waals surface area (Å²) < 4.78 is 7.01. The molecule has 0 saturated carbocycles. The molecule has 0 spiro atoms. The minimum absolute atomic E-state index is 0.0204. The van der Waals surface area contributed by atoms with Gasteiger partial charge in [0.25, 0.3) is 0 Å². The molecule has 0 atom stereocenters. The van der Waals surface area contributed by atoms with Crippen molar-refractivity contribution in [3.8, 4) is 11.4 Å². The number of hydrogen-bond acceptors (Lipinski definition) is 5. The topological polar surface area (TPSA) is 64.9 Å².